The molecule has 10 heteroatoms. The van der Waals surface area contributed by atoms with E-state index in [-0.39, 0.29) is 17.1 Å². The van der Waals surface area contributed by atoms with Gasteiger partial charge in [0.05, 0.1) is 15.6 Å². The minimum Gasteiger partial charge on any atom is -0.451 e. The van der Waals surface area contributed by atoms with Crippen molar-refractivity contribution in [3.05, 3.63) is 92.6 Å². The summed E-state index contributed by atoms with van der Waals surface area (Å²) >= 11 is 13.2. The van der Waals surface area contributed by atoms with E-state index < -0.39 is 17.6 Å². The summed E-state index contributed by atoms with van der Waals surface area (Å²) < 4.78 is 45.1. The Bertz CT molecular complexity index is 1280. The van der Waals surface area contributed by atoms with Crippen molar-refractivity contribution in [2.75, 3.05) is 5.32 Å². The van der Waals surface area contributed by atoms with Gasteiger partial charge < -0.3 is 4.42 Å². The van der Waals surface area contributed by atoms with Crippen LogP contribution in [0.2, 0.25) is 10.0 Å². The third-order valence-corrected chi connectivity index (χ3v) is 6.12. The standard InChI is InChI=1S/C22H13Cl2F3N2O2S/c23-16-6-5-12(10-17(16)24)9-13-11-28-21(32-13)29-20(30)19-8-7-18(31-19)14-3-1-2-4-15(14)22(25,26)27/h1-8,10-11H,9H2,(H,28,29,30). The van der Waals surface area contributed by atoms with Gasteiger partial charge in [0.2, 0.25) is 0 Å². The van der Waals surface area contributed by atoms with Crippen molar-refractivity contribution in [2.45, 2.75) is 12.6 Å². The van der Waals surface area contributed by atoms with Gasteiger partial charge in [0.15, 0.2) is 10.9 Å². The zero-order valence-corrected chi connectivity index (χ0v) is 18.4. The van der Waals surface area contributed by atoms with Crippen molar-refractivity contribution in [3.63, 3.8) is 0 Å². The molecule has 0 fully saturated rings. The van der Waals surface area contributed by atoms with Gasteiger partial charge in [-0.25, -0.2) is 4.98 Å². The van der Waals surface area contributed by atoms with Crippen molar-refractivity contribution < 1.29 is 22.4 Å². The number of amides is 1. The van der Waals surface area contributed by atoms with Crippen LogP contribution in [0.4, 0.5) is 18.3 Å². The number of thiazole rings is 1. The van der Waals surface area contributed by atoms with E-state index in [2.05, 4.69) is 10.3 Å². The maximum absolute atomic E-state index is 13.2. The van der Waals surface area contributed by atoms with E-state index >= 15 is 0 Å². The quantitative estimate of drug-likeness (QED) is 0.309. The first-order chi connectivity index (χ1) is 15.2. The number of alkyl halides is 3. The summed E-state index contributed by atoms with van der Waals surface area (Å²) in [5.41, 5.74) is -0.0506. The summed E-state index contributed by atoms with van der Waals surface area (Å²) in [5, 5.41) is 3.84. The van der Waals surface area contributed by atoms with Crippen molar-refractivity contribution in [2.24, 2.45) is 0 Å². The summed E-state index contributed by atoms with van der Waals surface area (Å²) in [5.74, 6) is -0.795. The number of benzene rings is 2. The minimum absolute atomic E-state index is 0.0532. The molecule has 0 unspecified atom stereocenters. The Kier molecular flexibility index (Phi) is 6.28. The molecule has 0 bridgehead atoms. The van der Waals surface area contributed by atoms with Crippen LogP contribution in [0.3, 0.4) is 0 Å². The fourth-order valence-electron chi connectivity index (χ4n) is 3.01. The summed E-state index contributed by atoms with van der Waals surface area (Å²) in [6.07, 6.45) is -2.38. The Balaban J connectivity index is 1.47. The van der Waals surface area contributed by atoms with E-state index in [1.54, 1.807) is 18.3 Å². The molecule has 2 aromatic carbocycles. The van der Waals surface area contributed by atoms with Gasteiger partial charge in [0, 0.05) is 23.1 Å². The molecule has 0 aliphatic rings. The van der Waals surface area contributed by atoms with Crippen LogP contribution in [0.15, 0.2) is 65.2 Å². The first kappa shape index (κ1) is 22.4. The number of nitrogens with one attached hydrogen (secondary N) is 1. The lowest BCUT2D eigenvalue weighted by atomic mass is 10.1. The highest BCUT2D eigenvalue weighted by Crippen LogP contribution is 2.37. The van der Waals surface area contributed by atoms with Crippen LogP contribution < -0.4 is 5.32 Å². The minimum atomic E-state index is -4.54. The van der Waals surface area contributed by atoms with Crippen LogP contribution >= 0.6 is 34.5 Å². The van der Waals surface area contributed by atoms with Crippen molar-refractivity contribution in [1.82, 2.24) is 4.98 Å². The Labute approximate surface area is 194 Å². The van der Waals surface area contributed by atoms with Gasteiger partial charge in [-0.2, -0.15) is 13.2 Å². The molecule has 0 spiro atoms. The van der Waals surface area contributed by atoms with E-state index in [0.29, 0.717) is 21.6 Å². The lowest BCUT2D eigenvalue weighted by Gasteiger charge is -2.10. The third kappa shape index (κ3) is 4.98. The molecule has 164 valence electrons. The molecular weight excluding hydrogens is 484 g/mol. The number of carbonyl (C=O) groups excluding carboxylic acids is 1. The van der Waals surface area contributed by atoms with Gasteiger partial charge >= 0.3 is 6.18 Å². The molecule has 2 heterocycles. The SMILES string of the molecule is O=C(Nc1ncc(Cc2ccc(Cl)c(Cl)c2)s1)c1ccc(-c2ccccc2C(F)(F)F)o1. The number of carbonyl (C=O) groups is 1. The smallest absolute Gasteiger partial charge is 0.417 e. The number of nitrogens with zero attached hydrogens (tertiary/aromatic N) is 1. The van der Waals surface area contributed by atoms with Gasteiger partial charge in [0.25, 0.3) is 5.91 Å². The molecule has 0 aliphatic heterocycles. The number of rotatable bonds is 5. The Hall–Kier alpha value is -2.81. The highest BCUT2D eigenvalue weighted by atomic mass is 35.5. The van der Waals surface area contributed by atoms with Crippen molar-refractivity contribution in [3.8, 4) is 11.3 Å². The van der Waals surface area contributed by atoms with Gasteiger partial charge in [0.1, 0.15) is 5.76 Å². The average Bonchev–Trinajstić information content (AvgIpc) is 3.40. The third-order valence-electron chi connectivity index (χ3n) is 4.46. The Morgan fingerprint density at radius 3 is 2.59 bits per heavy atom. The predicted molar refractivity (Wildman–Crippen MR) is 118 cm³/mol. The molecular formula is C22H13Cl2F3N2O2S. The highest BCUT2D eigenvalue weighted by Gasteiger charge is 2.34. The lowest BCUT2D eigenvalue weighted by Crippen LogP contribution is -2.10. The number of hydrogen-bond acceptors (Lipinski definition) is 4. The number of aromatic nitrogens is 1. The second-order valence-electron chi connectivity index (χ2n) is 6.72. The molecule has 4 rings (SSSR count). The average molecular weight is 497 g/mol. The van der Waals surface area contributed by atoms with E-state index in [1.165, 1.54) is 41.7 Å². The van der Waals surface area contributed by atoms with Gasteiger partial charge in [-0.05, 0) is 35.9 Å². The first-order valence-electron chi connectivity index (χ1n) is 9.17. The molecule has 2 aromatic heterocycles. The number of furan rings is 1. The second kappa shape index (κ2) is 8.97. The zero-order valence-electron chi connectivity index (χ0n) is 16.0. The van der Waals surface area contributed by atoms with Gasteiger partial charge in [-0.1, -0.05) is 47.5 Å². The highest BCUT2D eigenvalue weighted by molar-refractivity contribution is 7.15. The number of halogens is 5. The van der Waals surface area contributed by atoms with Gasteiger partial charge in [-0.3, -0.25) is 10.1 Å². The predicted octanol–water partition coefficient (Wildman–Crippen LogP) is 7.57. The molecule has 0 radical (unpaired) electrons. The van der Waals surface area contributed by atoms with Crippen LogP contribution in [0, 0.1) is 0 Å². The molecule has 32 heavy (non-hydrogen) atoms. The summed E-state index contributed by atoms with van der Waals surface area (Å²) in [4.78, 5) is 17.5. The number of anilines is 1. The van der Waals surface area contributed by atoms with E-state index in [1.807, 2.05) is 6.07 Å². The second-order valence-corrected chi connectivity index (χ2v) is 8.65. The van der Waals surface area contributed by atoms with Crippen LogP contribution in [0.1, 0.15) is 26.6 Å². The molecule has 0 saturated heterocycles. The topological polar surface area (TPSA) is 55.1 Å². The van der Waals surface area contributed by atoms with E-state index in [4.69, 9.17) is 27.6 Å². The maximum atomic E-state index is 13.2. The Morgan fingerprint density at radius 1 is 1.06 bits per heavy atom. The summed E-state index contributed by atoms with van der Waals surface area (Å²) in [7, 11) is 0. The van der Waals surface area contributed by atoms with Crippen LogP contribution in [0.25, 0.3) is 11.3 Å². The summed E-state index contributed by atoms with van der Waals surface area (Å²) in [6.45, 7) is 0. The zero-order chi connectivity index (χ0) is 22.9. The number of hydrogen-bond donors (Lipinski definition) is 1. The largest absolute Gasteiger partial charge is 0.451 e. The molecule has 1 N–H and O–H groups in total. The van der Waals surface area contributed by atoms with Crippen LogP contribution in [-0.4, -0.2) is 10.9 Å². The maximum Gasteiger partial charge on any atom is 0.417 e. The molecule has 0 aliphatic carbocycles. The normalized spacial score (nSPS) is 11.5. The van der Waals surface area contributed by atoms with Gasteiger partial charge in [-0.15, -0.1) is 11.3 Å². The Morgan fingerprint density at radius 2 is 1.84 bits per heavy atom. The van der Waals surface area contributed by atoms with E-state index in [9.17, 15) is 18.0 Å². The molecule has 0 saturated carbocycles. The van der Waals surface area contributed by atoms with Crippen LogP contribution in [0.5, 0.6) is 0 Å². The molecule has 1 amide bonds. The monoisotopic (exact) mass is 496 g/mol. The van der Waals surface area contributed by atoms with Crippen LogP contribution in [-0.2, 0) is 12.6 Å². The molecule has 0 atom stereocenters. The first-order valence-corrected chi connectivity index (χ1v) is 10.7. The van der Waals surface area contributed by atoms with E-state index in [0.717, 1.165) is 16.5 Å². The molecule has 4 nitrogen and oxygen atoms in total. The van der Waals surface area contributed by atoms with Crippen molar-refractivity contribution >= 4 is 45.6 Å². The summed E-state index contributed by atoms with van der Waals surface area (Å²) in [6, 6.07) is 13.0. The lowest BCUT2D eigenvalue weighted by molar-refractivity contribution is -0.137. The fraction of sp³-hybridized carbons (Fsp3) is 0.0909. The van der Waals surface area contributed by atoms with Crippen molar-refractivity contribution in [1.29, 1.82) is 0 Å². The fourth-order valence-corrected chi connectivity index (χ4v) is 4.17. The molecule has 4 aromatic rings.